The van der Waals surface area contributed by atoms with Gasteiger partial charge < -0.3 is 15.0 Å². The SMILES string of the molecule is Brc1cccc(/C=N/Nc2nc(Nc3ccccc3)nc(N3CCOCC3)n2)c1. The number of halogens is 1. The zero-order chi connectivity index (χ0) is 19.9. The van der Waals surface area contributed by atoms with Crippen molar-refractivity contribution in [2.45, 2.75) is 0 Å². The van der Waals surface area contributed by atoms with Crippen LogP contribution in [0.1, 0.15) is 5.56 Å². The largest absolute Gasteiger partial charge is 0.378 e. The molecule has 9 heteroatoms. The molecule has 148 valence electrons. The van der Waals surface area contributed by atoms with Crippen molar-refractivity contribution in [2.24, 2.45) is 5.10 Å². The summed E-state index contributed by atoms with van der Waals surface area (Å²) in [5.41, 5.74) is 4.77. The molecule has 0 bridgehead atoms. The third-order valence-electron chi connectivity index (χ3n) is 4.17. The number of nitrogens with zero attached hydrogens (tertiary/aromatic N) is 5. The summed E-state index contributed by atoms with van der Waals surface area (Å²) in [6.07, 6.45) is 1.72. The topological polar surface area (TPSA) is 87.6 Å². The van der Waals surface area contributed by atoms with E-state index >= 15 is 0 Å². The van der Waals surface area contributed by atoms with Gasteiger partial charge in [-0.1, -0.05) is 46.3 Å². The van der Waals surface area contributed by atoms with E-state index in [1.807, 2.05) is 54.6 Å². The maximum absolute atomic E-state index is 5.43. The van der Waals surface area contributed by atoms with E-state index in [0.29, 0.717) is 31.1 Å². The summed E-state index contributed by atoms with van der Waals surface area (Å²) in [6, 6.07) is 17.6. The second kappa shape index (κ2) is 9.44. The smallest absolute Gasteiger partial charge is 0.250 e. The molecule has 0 amide bonds. The summed E-state index contributed by atoms with van der Waals surface area (Å²) in [7, 11) is 0. The summed E-state index contributed by atoms with van der Waals surface area (Å²) >= 11 is 3.45. The van der Waals surface area contributed by atoms with Crippen LogP contribution in [0.2, 0.25) is 0 Å². The zero-order valence-corrected chi connectivity index (χ0v) is 17.2. The van der Waals surface area contributed by atoms with Gasteiger partial charge in [0, 0.05) is 23.2 Å². The number of hydrogen-bond acceptors (Lipinski definition) is 8. The van der Waals surface area contributed by atoms with Gasteiger partial charge in [0.1, 0.15) is 0 Å². The average molecular weight is 454 g/mol. The Morgan fingerprint density at radius 2 is 1.76 bits per heavy atom. The molecule has 4 rings (SSSR count). The molecule has 1 saturated heterocycles. The van der Waals surface area contributed by atoms with Gasteiger partial charge in [-0.05, 0) is 29.8 Å². The number of ether oxygens (including phenoxy) is 1. The molecule has 1 aliphatic rings. The van der Waals surface area contributed by atoms with Crippen LogP contribution in [0.15, 0.2) is 64.2 Å². The molecule has 0 spiro atoms. The highest BCUT2D eigenvalue weighted by atomic mass is 79.9. The van der Waals surface area contributed by atoms with E-state index in [0.717, 1.165) is 28.8 Å². The van der Waals surface area contributed by atoms with E-state index in [1.54, 1.807) is 6.21 Å². The first kappa shape index (κ1) is 19.3. The molecule has 1 aromatic heterocycles. The Morgan fingerprint density at radius 1 is 0.966 bits per heavy atom. The van der Waals surface area contributed by atoms with Crippen molar-refractivity contribution >= 4 is 45.7 Å². The second-order valence-electron chi connectivity index (χ2n) is 6.30. The lowest BCUT2D eigenvalue weighted by Crippen LogP contribution is -2.37. The van der Waals surface area contributed by atoms with Gasteiger partial charge in [-0.15, -0.1) is 0 Å². The molecular formula is C20H20BrN7O. The van der Waals surface area contributed by atoms with Crippen molar-refractivity contribution < 1.29 is 4.74 Å². The predicted octanol–water partition coefficient (Wildman–Crippen LogP) is 3.66. The van der Waals surface area contributed by atoms with Crippen molar-refractivity contribution in [2.75, 3.05) is 41.9 Å². The van der Waals surface area contributed by atoms with E-state index in [9.17, 15) is 0 Å². The number of nitrogens with one attached hydrogen (secondary N) is 2. The molecule has 8 nitrogen and oxygen atoms in total. The first-order chi connectivity index (χ1) is 14.3. The third kappa shape index (κ3) is 5.49. The van der Waals surface area contributed by atoms with Crippen molar-refractivity contribution in [3.05, 3.63) is 64.6 Å². The Hall–Kier alpha value is -3.04. The lowest BCUT2D eigenvalue weighted by molar-refractivity contribution is 0.122. The van der Waals surface area contributed by atoms with Crippen molar-refractivity contribution in [3.63, 3.8) is 0 Å². The molecule has 29 heavy (non-hydrogen) atoms. The Kier molecular flexibility index (Phi) is 6.28. The Morgan fingerprint density at radius 3 is 2.55 bits per heavy atom. The van der Waals surface area contributed by atoms with E-state index < -0.39 is 0 Å². The molecule has 2 N–H and O–H groups in total. The summed E-state index contributed by atoms with van der Waals surface area (Å²) in [5, 5.41) is 7.49. The number of hydrazone groups is 1. The van der Waals surface area contributed by atoms with Gasteiger partial charge >= 0.3 is 0 Å². The van der Waals surface area contributed by atoms with E-state index in [4.69, 9.17) is 4.74 Å². The quantitative estimate of drug-likeness (QED) is 0.434. The molecule has 1 aliphatic heterocycles. The molecule has 3 aromatic rings. The van der Waals surface area contributed by atoms with Gasteiger partial charge in [0.2, 0.25) is 17.8 Å². The van der Waals surface area contributed by atoms with Crippen molar-refractivity contribution in [1.29, 1.82) is 0 Å². The van der Waals surface area contributed by atoms with Crippen LogP contribution in [-0.2, 0) is 4.74 Å². The van der Waals surface area contributed by atoms with E-state index in [-0.39, 0.29) is 0 Å². The van der Waals surface area contributed by atoms with Gasteiger partial charge in [0.15, 0.2) is 0 Å². The lowest BCUT2D eigenvalue weighted by atomic mass is 10.2. The van der Waals surface area contributed by atoms with Gasteiger partial charge in [0.05, 0.1) is 19.4 Å². The van der Waals surface area contributed by atoms with Crippen molar-refractivity contribution in [3.8, 4) is 0 Å². The predicted molar refractivity (Wildman–Crippen MR) is 118 cm³/mol. The molecule has 2 heterocycles. The van der Waals surface area contributed by atoms with E-state index in [2.05, 4.69) is 51.6 Å². The van der Waals surface area contributed by atoms with Crippen LogP contribution in [0.3, 0.4) is 0 Å². The van der Waals surface area contributed by atoms with Gasteiger partial charge in [-0.25, -0.2) is 5.43 Å². The van der Waals surface area contributed by atoms with Crippen LogP contribution in [-0.4, -0.2) is 47.5 Å². The van der Waals surface area contributed by atoms with Gasteiger partial charge in [0.25, 0.3) is 0 Å². The average Bonchev–Trinajstić information content (AvgIpc) is 2.75. The number of aromatic nitrogens is 3. The van der Waals surface area contributed by atoms with Crippen molar-refractivity contribution in [1.82, 2.24) is 15.0 Å². The summed E-state index contributed by atoms with van der Waals surface area (Å²) in [4.78, 5) is 15.6. The fourth-order valence-electron chi connectivity index (χ4n) is 2.78. The molecule has 0 aliphatic carbocycles. The monoisotopic (exact) mass is 453 g/mol. The first-order valence-electron chi connectivity index (χ1n) is 9.22. The third-order valence-corrected chi connectivity index (χ3v) is 4.67. The fraction of sp³-hybridized carbons (Fsp3) is 0.200. The number of para-hydroxylation sites is 1. The maximum atomic E-state index is 5.43. The van der Waals surface area contributed by atoms with Crippen LogP contribution in [0, 0.1) is 0 Å². The number of rotatable bonds is 6. The highest BCUT2D eigenvalue weighted by Gasteiger charge is 2.16. The molecule has 1 fully saturated rings. The summed E-state index contributed by atoms with van der Waals surface area (Å²) in [5.74, 6) is 1.40. The van der Waals surface area contributed by atoms with Crippen LogP contribution in [0.5, 0.6) is 0 Å². The molecule has 0 radical (unpaired) electrons. The van der Waals surface area contributed by atoms with Gasteiger partial charge in [-0.3, -0.25) is 0 Å². The second-order valence-corrected chi connectivity index (χ2v) is 7.21. The normalized spacial score (nSPS) is 14.2. The molecule has 0 saturated carbocycles. The number of hydrogen-bond donors (Lipinski definition) is 2. The fourth-order valence-corrected chi connectivity index (χ4v) is 3.19. The van der Waals surface area contributed by atoms with Crippen LogP contribution in [0.4, 0.5) is 23.5 Å². The molecular weight excluding hydrogens is 434 g/mol. The number of morpholine rings is 1. The van der Waals surface area contributed by atoms with Crippen LogP contribution < -0.4 is 15.6 Å². The lowest BCUT2D eigenvalue weighted by Gasteiger charge is -2.27. The first-order valence-corrected chi connectivity index (χ1v) is 10.0. The zero-order valence-electron chi connectivity index (χ0n) is 15.6. The summed E-state index contributed by atoms with van der Waals surface area (Å²) in [6.45, 7) is 2.76. The summed E-state index contributed by atoms with van der Waals surface area (Å²) < 4.78 is 6.42. The highest BCUT2D eigenvalue weighted by molar-refractivity contribution is 9.10. The Balaban J connectivity index is 1.56. The Labute approximate surface area is 177 Å². The van der Waals surface area contributed by atoms with E-state index in [1.165, 1.54) is 0 Å². The minimum Gasteiger partial charge on any atom is -0.378 e. The molecule has 0 atom stereocenters. The standard InChI is InChI=1S/C20H20BrN7O/c21-16-6-4-5-15(13-16)14-22-27-19-24-18(23-17-7-2-1-3-8-17)25-20(26-19)28-9-11-29-12-10-28/h1-8,13-14H,9-12H2,(H2,23,24,25,26,27)/b22-14+. The number of benzene rings is 2. The molecule has 0 unspecified atom stereocenters. The Bertz CT molecular complexity index is 978. The van der Waals surface area contributed by atoms with Crippen LogP contribution >= 0.6 is 15.9 Å². The minimum absolute atomic E-state index is 0.367. The minimum atomic E-state index is 0.367. The van der Waals surface area contributed by atoms with Gasteiger partial charge in [-0.2, -0.15) is 20.1 Å². The maximum Gasteiger partial charge on any atom is 0.250 e. The molecule has 2 aromatic carbocycles. The highest BCUT2D eigenvalue weighted by Crippen LogP contribution is 2.18. The van der Waals surface area contributed by atoms with Crippen LogP contribution in [0.25, 0.3) is 0 Å². The number of anilines is 4.